The van der Waals surface area contributed by atoms with Gasteiger partial charge in [-0.15, -0.1) is 0 Å². The molecule has 9 heteroatoms. The first-order valence-corrected chi connectivity index (χ1v) is 31.6. The molecule has 3 unspecified atom stereocenters. The van der Waals surface area contributed by atoms with Gasteiger partial charge in [0.1, 0.15) is 13.2 Å². The lowest BCUT2D eigenvalue weighted by Gasteiger charge is -2.29. The molecule has 8 nitrogen and oxygen atoms in total. The Kier molecular flexibility index (Phi) is 51.7. The first-order valence-electron chi connectivity index (χ1n) is 30.2. The predicted octanol–water partition coefficient (Wildman–Crippen LogP) is 17.9. The summed E-state index contributed by atoms with van der Waals surface area (Å²) in [6.45, 7) is 4.61. The number of nitrogens with one attached hydrogen (secondary N) is 1. The minimum absolute atomic E-state index is 0.0115. The molecule has 2 N–H and O–H groups in total. The van der Waals surface area contributed by atoms with E-state index in [1.165, 1.54) is 205 Å². The number of carbonyl (C=O) groups excluding carboxylic acids is 1. The highest BCUT2D eigenvalue weighted by atomic mass is 31.2. The zero-order chi connectivity index (χ0) is 52.0. The molecule has 0 spiro atoms. The lowest BCUT2D eigenvalue weighted by molar-refractivity contribution is -0.870. The zero-order valence-electron chi connectivity index (χ0n) is 47.4. The van der Waals surface area contributed by atoms with Crippen LogP contribution >= 0.6 is 7.82 Å². The molecule has 3 atom stereocenters. The lowest BCUT2D eigenvalue weighted by atomic mass is 10.0. The number of aliphatic hydroxyl groups is 1. The first-order chi connectivity index (χ1) is 34.5. The number of allylic oxidation sites excluding steroid dienone is 9. The average molecular weight is 1020 g/mol. The van der Waals surface area contributed by atoms with Gasteiger partial charge in [0, 0.05) is 6.42 Å². The van der Waals surface area contributed by atoms with Gasteiger partial charge in [0.25, 0.3) is 7.82 Å². The molecule has 0 rings (SSSR count). The number of phosphoric acid groups is 1. The summed E-state index contributed by atoms with van der Waals surface area (Å²) in [4.78, 5) is 25.5. The third-order valence-corrected chi connectivity index (χ3v) is 14.4. The van der Waals surface area contributed by atoms with E-state index in [2.05, 4.69) is 67.8 Å². The van der Waals surface area contributed by atoms with Gasteiger partial charge in [-0.3, -0.25) is 9.36 Å². The highest BCUT2D eigenvalue weighted by Crippen LogP contribution is 2.38. The number of amides is 1. The van der Waals surface area contributed by atoms with Crippen LogP contribution in [0.4, 0.5) is 0 Å². The van der Waals surface area contributed by atoms with Crippen molar-refractivity contribution >= 4 is 13.7 Å². The molecular formula is C62H117N2O6P. The molecule has 416 valence electrons. The van der Waals surface area contributed by atoms with Gasteiger partial charge in [-0.05, 0) is 77.0 Å². The highest BCUT2D eigenvalue weighted by Gasteiger charge is 2.23. The van der Waals surface area contributed by atoms with Crippen LogP contribution in [0, 0.1) is 0 Å². The third-order valence-electron chi connectivity index (χ3n) is 13.4. The van der Waals surface area contributed by atoms with Gasteiger partial charge in [0.2, 0.25) is 5.91 Å². The van der Waals surface area contributed by atoms with Crippen LogP contribution in [0.3, 0.4) is 0 Å². The van der Waals surface area contributed by atoms with E-state index in [-0.39, 0.29) is 12.5 Å². The van der Waals surface area contributed by atoms with E-state index >= 15 is 0 Å². The van der Waals surface area contributed by atoms with Crippen molar-refractivity contribution in [3.8, 4) is 0 Å². The van der Waals surface area contributed by atoms with Crippen LogP contribution in [0.1, 0.15) is 277 Å². The van der Waals surface area contributed by atoms with Crippen LogP contribution in [0.2, 0.25) is 0 Å². The molecule has 0 bridgehead atoms. The maximum atomic E-state index is 13.0. The number of hydrogen-bond donors (Lipinski definition) is 2. The zero-order valence-corrected chi connectivity index (χ0v) is 48.3. The third kappa shape index (κ3) is 55.8. The number of quaternary nitrogens is 1. The minimum Gasteiger partial charge on any atom is -0.756 e. The van der Waals surface area contributed by atoms with E-state index in [0.29, 0.717) is 17.4 Å². The molecule has 0 fully saturated rings. The fourth-order valence-electron chi connectivity index (χ4n) is 8.69. The normalized spacial score (nSPS) is 14.3. The quantitative estimate of drug-likeness (QED) is 0.0272. The Hall–Kier alpha value is -1.80. The molecule has 0 radical (unpaired) electrons. The number of phosphoric ester groups is 1. The second-order valence-corrected chi connectivity index (χ2v) is 23.1. The number of rotatable bonds is 55. The fraction of sp³-hybridized carbons (Fsp3) is 0.823. The Morgan fingerprint density at radius 1 is 0.493 bits per heavy atom. The molecule has 0 aliphatic heterocycles. The van der Waals surface area contributed by atoms with Crippen molar-refractivity contribution in [2.75, 3.05) is 40.9 Å². The van der Waals surface area contributed by atoms with E-state index in [4.69, 9.17) is 9.05 Å². The summed E-state index contributed by atoms with van der Waals surface area (Å²) in [5, 5.41) is 13.9. The average Bonchev–Trinajstić information content (AvgIpc) is 3.33. The SMILES string of the molecule is CCCCC/C=C\C/C=C\CCCCCCCCCCCC(=O)NC(COP(=O)([O-])OCC[N+](C)(C)C)C(O)/C=C/CC/C=C/CC/C=C/CCCCCCCCCCCCCCCCCCCCCC. The number of nitrogens with zero attached hydrogens (tertiary/aromatic N) is 1. The highest BCUT2D eigenvalue weighted by molar-refractivity contribution is 7.45. The summed E-state index contributed by atoms with van der Waals surface area (Å²) >= 11 is 0. The summed E-state index contributed by atoms with van der Waals surface area (Å²) in [5.74, 6) is -0.215. The Bertz CT molecular complexity index is 1340. The molecule has 0 saturated carbocycles. The van der Waals surface area contributed by atoms with E-state index in [0.717, 1.165) is 51.4 Å². The van der Waals surface area contributed by atoms with Crippen molar-refractivity contribution in [3.63, 3.8) is 0 Å². The van der Waals surface area contributed by atoms with Crippen LogP contribution in [-0.4, -0.2) is 68.5 Å². The molecule has 0 aromatic rings. The van der Waals surface area contributed by atoms with Crippen molar-refractivity contribution < 1.29 is 32.9 Å². The minimum atomic E-state index is -4.61. The Morgan fingerprint density at radius 3 is 1.25 bits per heavy atom. The summed E-state index contributed by atoms with van der Waals surface area (Å²) in [6.07, 6.45) is 71.7. The van der Waals surface area contributed by atoms with Crippen molar-refractivity contribution in [3.05, 3.63) is 60.8 Å². The molecule has 0 aromatic heterocycles. The van der Waals surface area contributed by atoms with Crippen LogP contribution in [0.25, 0.3) is 0 Å². The topological polar surface area (TPSA) is 108 Å². The number of carbonyl (C=O) groups is 1. The van der Waals surface area contributed by atoms with Crippen molar-refractivity contribution in [1.29, 1.82) is 0 Å². The first kappa shape index (κ1) is 69.2. The van der Waals surface area contributed by atoms with E-state index in [1.807, 2.05) is 27.2 Å². The molecule has 0 aromatic carbocycles. The van der Waals surface area contributed by atoms with Crippen LogP contribution in [0.15, 0.2) is 60.8 Å². The lowest BCUT2D eigenvalue weighted by Crippen LogP contribution is -2.45. The number of unbranched alkanes of at least 4 members (excludes halogenated alkanes) is 34. The van der Waals surface area contributed by atoms with Gasteiger partial charge in [0.05, 0.1) is 39.9 Å². The van der Waals surface area contributed by atoms with Gasteiger partial charge in [-0.1, -0.05) is 254 Å². The van der Waals surface area contributed by atoms with E-state index < -0.39 is 26.6 Å². The molecule has 0 aliphatic rings. The number of hydrogen-bond acceptors (Lipinski definition) is 6. The number of likely N-dealkylation sites (N-methyl/N-ethyl adjacent to an activating group) is 1. The van der Waals surface area contributed by atoms with Gasteiger partial charge in [0.15, 0.2) is 0 Å². The molecule has 1 amide bonds. The Balaban J connectivity index is 4.23. The summed E-state index contributed by atoms with van der Waals surface area (Å²) in [7, 11) is 1.23. The summed E-state index contributed by atoms with van der Waals surface area (Å²) in [6, 6.07) is -0.915. The van der Waals surface area contributed by atoms with Crippen molar-refractivity contribution in [2.24, 2.45) is 0 Å². The molecular weight excluding hydrogens is 900 g/mol. The standard InChI is InChI=1S/C62H117N2O6P/c1-6-8-10-12-14-16-18-20-22-24-26-27-28-29-30-31-32-33-34-35-36-38-39-41-43-45-47-49-51-53-55-61(65)60(59-70-71(67,68)69-58-57-64(3,4)5)63-62(66)56-54-52-50-48-46-44-42-40-37-25-23-21-19-17-15-13-11-9-7-2/h15,17,21,23,38-39,45,47,53,55,60-61,65H,6-14,16,18-20,22,24-37,40-44,46,48-52,54,56-59H2,1-5H3,(H-,63,66,67,68)/b17-15-,23-21-,39-38+,47-45+,55-53+. The van der Waals surface area contributed by atoms with E-state index in [9.17, 15) is 19.4 Å². The van der Waals surface area contributed by atoms with Gasteiger partial charge < -0.3 is 28.8 Å². The van der Waals surface area contributed by atoms with Crippen molar-refractivity contribution in [1.82, 2.24) is 5.32 Å². The van der Waals surface area contributed by atoms with E-state index in [1.54, 1.807) is 6.08 Å². The largest absolute Gasteiger partial charge is 0.756 e. The maximum Gasteiger partial charge on any atom is 0.268 e. The maximum absolute atomic E-state index is 13.0. The molecule has 0 heterocycles. The summed E-state index contributed by atoms with van der Waals surface area (Å²) in [5.41, 5.74) is 0. The smallest absolute Gasteiger partial charge is 0.268 e. The Morgan fingerprint density at radius 2 is 0.831 bits per heavy atom. The monoisotopic (exact) mass is 1020 g/mol. The molecule has 0 aliphatic carbocycles. The molecule has 71 heavy (non-hydrogen) atoms. The fourth-order valence-corrected chi connectivity index (χ4v) is 9.41. The van der Waals surface area contributed by atoms with Crippen LogP contribution < -0.4 is 10.2 Å². The van der Waals surface area contributed by atoms with Crippen LogP contribution in [-0.2, 0) is 18.4 Å². The Labute approximate surface area is 441 Å². The second-order valence-electron chi connectivity index (χ2n) is 21.7. The van der Waals surface area contributed by atoms with Gasteiger partial charge >= 0.3 is 0 Å². The van der Waals surface area contributed by atoms with Gasteiger partial charge in [-0.2, -0.15) is 0 Å². The second kappa shape index (κ2) is 53.0. The predicted molar refractivity (Wildman–Crippen MR) is 307 cm³/mol. The van der Waals surface area contributed by atoms with Crippen LogP contribution in [0.5, 0.6) is 0 Å². The summed E-state index contributed by atoms with van der Waals surface area (Å²) < 4.78 is 23.3. The molecule has 0 saturated heterocycles. The van der Waals surface area contributed by atoms with Crippen molar-refractivity contribution in [2.45, 2.75) is 289 Å². The number of aliphatic hydroxyl groups excluding tert-OH is 1. The van der Waals surface area contributed by atoms with Gasteiger partial charge in [-0.25, -0.2) is 0 Å².